The van der Waals surface area contributed by atoms with Crippen molar-refractivity contribution >= 4 is 58.9 Å². The maximum Gasteiger partial charge on any atom is 0.242 e. The summed E-state index contributed by atoms with van der Waals surface area (Å²) in [5.74, 6) is 0. The maximum atomic E-state index is 12.1. The molecule has 2 aromatic rings. The molecular formula is C13H13Br2N3O2S. The zero-order chi connectivity index (χ0) is 15.6. The topological polar surface area (TPSA) is 84.2 Å². The molecule has 0 radical (unpaired) electrons. The molecule has 0 atom stereocenters. The highest BCUT2D eigenvalue weighted by Crippen LogP contribution is 2.35. The van der Waals surface area contributed by atoms with Crippen molar-refractivity contribution in [3.05, 3.63) is 45.3 Å². The van der Waals surface area contributed by atoms with E-state index in [2.05, 4.69) is 41.9 Å². The summed E-state index contributed by atoms with van der Waals surface area (Å²) in [6.45, 7) is 0. The number of hydrogen-bond donors (Lipinski definition) is 3. The Balaban J connectivity index is 2.56. The average Bonchev–Trinajstić information content (AvgIpc) is 2.44. The summed E-state index contributed by atoms with van der Waals surface area (Å²) < 4.78 is 28.1. The summed E-state index contributed by atoms with van der Waals surface area (Å²) in [6, 6.07) is 10.3. The fourth-order valence-electron chi connectivity index (χ4n) is 1.73. The highest BCUT2D eigenvalue weighted by Gasteiger charge is 2.18. The van der Waals surface area contributed by atoms with Crippen LogP contribution in [0, 0.1) is 0 Å². The van der Waals surface area contributed by atoms with Gasteiger partial charge in [-0.25, -0.2) is 13.1 Å². The lowest BCUT2D eigenvalue weighted by molar-refractivity contribution is 0.588. The largest absolute Gasteiger partial charge is 0.399 e. The maximum absolute atomic E-state index is 12.1. The predicted molar refractivity (Wildman–Crippen MR) is 92.2 cm³/mol. The molecule has 0 spiro atoms. The fraction of sp³-hybridized carbons (Fsp3) is 0.0769. The highest BCUT2D eigenvalue weighted by atomic mass is 79.9. The summed E-state index contributed by atoms with van der Waals surface area (Å²) in [4.78, 5) is 0.0904. The molecule has 0 heterocycles. The minimum atomic E-state index is -3.62. The van der Waals surface area contributed by atoms with Crippen molar-refractivity contribution in [2.45, 2.75) is 4.90 Å². The van der Waals surface area contributed by atoms with Gasteiger partial charge in [0, 0.05) is 14.6 Å². The standard InChI is InChI=1S/C13H13Br2N3O2S/c1-17-21(19,20)12-7-8(16)5-6-11(12)18-13-9(14)3-2-4-10(13)15/h2-7,17-18H,16H2,1H3. The number of nitrogen functional groups attached to an aromatic ring is 1. The molecule has 21 heavy (non-hydrogen) atoms. The lowest BCUT2D eigenvalue weighted by atomic mass is 10.2. The van der Waals surface area contributed by atoms with E-state index in [9.17, 15) is 8.42 Å². The van der Waals surface area contributed by atoms with Gasteiger partial charge in [0.15, 0.2) is 0 Å². The van der Waals surface area contributed by atoms with E-state index in [0.717, 1.165) is 14.6 Å². The monoisotopic (exact) mass is 433 g/mol. The lowest BCUT2D eigenvalue weighted by Gasteiger charge is -2.15. The van der Waals surface area contributed by atoms with Crippen LogP contribution in [0.25, 0.3) is 0 Å². The molecule has 2 aromatic carbocycles. The number of rotatable bonds is 4. The first-order valence-corrected chi connectivity index (χ1v) is 8.96. The Bertz CT molecular complexity index is 759. The van der Waals surface area contributed by atoms with Crippen LogP contribution < -0.4 is 15.8 Å². The minimum absolute atomic E-state index is 0.0904. The Hall–Kier alpha value is -1.09. The molecule has 0 aliphatic heterocycles. The van der Waals surface area contributed by atoms with Gasteiger partial charge in [-0.1, -0.05) is 6.07 Å². The molecule has 0 fully saturated rings. The molecule has 0 saturated heterocycles. The molecule has 8 heteroatoms. The van der Waals surface area contributed by atoms with Gasteiger partial charge < -0.3 is 11.1 Å². The summed E-state index contributed by atoms with van der Waals surface area (Å²) in [7, 11) is -2.26. The van der Waals surface area contributed by atoms with Crippen molar-refractivity contribution in [1.82, 2.24) is 4.72 Å². The van der Waals surface area contributed by atoms with Gasteiger partial charge >= 0.3 is 0 Å². The molecular weight excluding hydrogens is 422 g/mol. The molecule has 4 N–H and O–H groups in total. The zero-order valence-corrected chi connectivity index (χ0v) is 15.0. The quantitative estimate of drug-likeness (QED) is 0.643. The van der Waals surface area contributed by atoms with Gasteiger partial charge in [-0.3, -0.25) is 0 Å². The van der Waals surface area contributed by atoms with E-state index in [-0.39, 0.29) is 4.90 Å². The first kappa shape index (κ1) is 16.3. The van der Waals surface area contributed by atoms with Crippen LogP contribution in [-0.2, 0) is 10.0 Å². The van der Waals surface area contributed by atoms with Gasteiger partial charge in [0.05, 0.1) is 11.4 Å². The predicted octanol–water partition coefficient (Wildman–Crippen LogP) is 3.45. The van der Waals surface area contributed by atoms with Gasteiger partial charge in [-0.2, -0.15) is 0 Å². The van der Waals surface area contributed by atoms with Gasteiger partial charge in [0.1, 0.15) is 4.90 Å². The van der Waals surface area contributed by atoms with Crippen molar-refractivity contribution in [2.24, 2.45) is 0 Å². The molecule has 112 valence electrons. The molecule has 0 amide bonds. The van der Waals surface area contributed by atoms with Crippen molar-refractivity contribution in [2.75, 3.05) is 18.1 Å². The van der Waals surface area contributed by atoms with Crippen LogP contribution in [0.15, 0.2) is 50.2 Å². The van der Waals surface area contributed by atoms with E-state index in [1.54, 1.807) is 12.1 Å². The molecule has 0 unspecified atom stereocenters. The number of nitrogens with two attached hydrogens (primary N) is 1. The Morgan fingerprint density at radius 3 is 2.29 bits per heavy atom. The smallest absolute Gasteiger partial charge is 0.242 e. The van der Waals surface area contributed by atoms with E-state index >= 15 is 0 Å². The second kappa shape index (κ2) is 6.35. The summed E-state index contributed by atoms with van der Waals surface area (Å²) in [5.41, 5.74) is 7.24. The Morgan fingerprint density at radius 2 is 1.71 bits per heavy atom. The number of benzene rings is 2. The van der Waals surface area contributed by atoms with Crippen molar-refractivity contribution in [1.29, 1.82) is 0 Å². The van der Waals surface area contributed by atoms with Crippen molar-refractivity contribution in [3.63, 3.8) is 0 Å². The Morgan fingerprint density at radius 1 is 1.10 bits per heavy atom. The van der Waals surface area contributed by atoms with Crippen LogP contribution in [0.3, 0.4) is 0 Å². The first-order chi connectivity index (χ1) is 9.85. The summed E-state index contributed by atoms with van der Waals surface area (Å²) in [5, 5.41) is 3.11. The third kappa shape index (κ3) is 3.57. The first-order valence-electron chi connectivity index (χ1n) is 5.89. The van der Waals surface area contributed by atoms with Crippen LogP contribution in [-0.4, -0.2) is 15.5 Å². The Labute approximate surface area is 140 Å². The molecule has 0 aliphatic rings. The van der Waals surface area contributed by atoms with Gasteiger partial charge in [0.2, 0.25) is 10.0 Å². The van der Waals surface area contributed by atoms with Crippen molar-refractivity contribution in [3.8, 4) is 0 Å². The minimum Gasteiger partial charge on any atom is -0.399 e. The molecule has 0 aromatic heterocycles. The lowest BCUT2D eigenvalue weighted by Crippen LogP contribution is -2.20. The van der Waals surface area contributed by atoms with Crippen LogP contribution in [0.4, 0.5) is 17.1 Å². The second-order valence-electron chi connectivity index (χ2n) is 4.18. The third-order valence-electron chi connectivity index (χ3n) is 2.79. The SMILES string of the molecule is CNS(=O)(=O)c1cc(N)ccc1Nc1c(Br)cccc1Br. The molecule has 0 bridgehead atoms. The molecule has 5 nitrogen and oxygen atoms in total. The normalized spacial score (nSPS) is 11.4. The fourth-order valence-corrected chi connectivity index (χ4v) is 3.84. The van der Waals surface area contributed by atoms with E-state index in [1.165, 1.54) is 13.1 Å². The van der Waals surface area contributed by atoms with Gasteiger partial charge in [-0.05, 0) is 69.2 Å². The highest BCUT2D eigenvalue weighted by molar-refractivity contribution is 9.11. The number of anilines is 3. The number of para-hydroxylation sites is 1. The molecule has 0 saturated carbocycles. The number of halogens is 2. The summed E-state index contributed by atoms with van der Waals surface area (Å²) >= 11 is 6.86. The molecule has 0 aliphatic carbocycles. The van der Waals surface area contributed by atoms with E-state index in [0.29, 0.717) is 11.4 Å². The van der Waals surface area contributed by atoms with E-state index < -0.39 is 10.0 Å². The van der Waals surface area contributed by atoms with Crippen molar-refractivity contribution < 1.29 is 8.42 Å². The van der Waals surface area contributed by atoms with E-state index in [1.807, 2.05) is 18.2 Å². The van der Waals surface area contributed by atoms with Gasteiger partial charge in [0.25, 0.3) is 0 Å². The van der Waals surface area contributed by atoms with Crippen LogP contribution >= 0.6 is 31.9 Å². The Kier molecular flexibility index (Phi) is 4.92. The molecule has 2 rings (SSSR count). The van der Waals surface area contributed by atoms with Gasteiger partial charge in [-0.15, -0.1) is 0 Å². The number of nitrogens with one attached hydrogen (secondary N) is 2. The third-order valence-corrected chi connectivity index (χ3v) is 5.56. The van der Waals surface area contributed by atoms with Crippen LogP contribution in [0.2, 0.25) is 0 Å². The van der Waals surface area contributed by atoms with Crippen LogP contribution in [0.1, 0.15) is 0 Å². The number of sulfonamides is 1. The zero-order valence-electron chi connectivity index (χ0n) is 11.0. The summed E-state index contributed by atoms with van der Waals surface area (Å²) in [6.07, 6.45) is 0. The van der Waals surface area contributed by atoms with E-state index in [4.69, 9.17) is 5.73 Å². The number of hydrogen-bond acceptors (Lipinski definition) is 4. The second-order valence-corrected chi connectivity index (χ2v) is 7.75. The average molecular weight is 435 g/mol. The van der Waals surface area contributed by atoms with Crippen LogP contribution in [0.5, 0.6) is 0 Å².